The summed E-state index contributed by atoms with van der Waals surface area (Å²) in [5.74, 6) is 2.20. The van der Waals surface area contributed by atoms with E-state index in [1.165, 1.54) is 17.3 Å². The van der Waals surface area contributed by atoms with E-state index in [2.05, 4.69) is 49.1 Å². The van der Waals surface area contributed by atoms with E-state index in [9.17, 15) is 4.79 Å². The lowest BCUT2D eigenvalue weighted by atomic mass is 9.96. The van der Waals surface area contributed by atoms with Gasteiger partial charge in [-0.05, 0) is 36.5 Å². The average Bonchev–Trinajstić information content (AvgIpc) is 3.52. The smallest absolute Gasteiger partial charge is 0.329 e. The van der Waals surface area contributed by atoms with E-state index in [0.29, 0.717) is 18.6 Å². The van der Waals surface area contributed by atoms with Crippen molar-refractivity contribution in [3.63, 3.8) is 0 Å². The van der Waals surface area contributed by atoms with Gasteiger partial charge in [0.05, 0.1) is 11.7 Å². The second-order valence-electron chi connectivity index (χ2n) is 9.21. The molecule has 5 heterocycles. The summed E-state index contributed by atoms with van der Waals surface area (Å²) in [4.78, 5) is 24.2. The lowest BCUT2D eigenvalue weighted by Crippen LogP contribution is -2.50. The van der Waals surface area contributed by atoms with Gasteiger partial charge in [-0.2, -0.15) is 8.75 Å². The molecule has 1 aromatic carbocycles. The normalized spacial score (nSPS) is 27.0. The van der Waals surface area contributed by atoms with E-state index in [1.54, 1.807) is 4.90 Å². The van der Waals surface area contributed by atoms with E-state index < -0.39 is 0 Å². The van der Waals surface area contributed by atoms with Crippen LogP contribution >= 0.6 is 11.7 Å². The number of ether oxygens (including phenoxy) is 1. The number of carbonyl (C=O) groups is 1. The molecule has 0 radical (unpaired) electrons. The number of amides is 2. The summed E-state index contributed by atoms with van der Waals surface area (Å²) < 4.78 is 14.1. The highest BCUT2D eigenvalue weighted by atomic mass is 32.1. The Bertz CT molecular complexity index is 1090. The predicted octanol–water partition coefficient (Wildman–Crippen LogP) is 2.43. The SMILES string of the molecule is CC1CN(Cc2ccc3nsnc3c2)CC1C1=NC2=CN(C3CCOCC3)CN2C(=O)N1. The van der Waals surface area contributed by atoms with Gasteiger partial charge in [0.2, 0.25) is 0 Å². The second kappa shape index (κ2) is 8.09. The zero-order chi connectivity index (χ0) is 21.7. The van der Waals surface area contributed by atoms with Gasteiger partial charge >= 0.3 is 6.03 Å². The molecule has 1 aromatic heterocycles. The molecule has 4 aliphatic heterocycles. The van der Waals surface area contributed by atoms with E-state index in [-0.39, 0.29) is 11.9 Å². The number of nitrogens with zero attached hydrogens (tertiary/aromatic N) is 6. The number of hydrogen-bond donors (Lipinski definition) is 1. The number of fused-ring (bicyclic) bond motifs is 2. The van der Waals surface area contributed by atoms with Gasteiger partial charge in [0, 0.05) is 51.0 Å². The van der Waals surface area contributed by atoms with Crippen LogP contribution in [0, 0.1) is 11.8 Å². The van der Waals surface area contributed by atoms with Gasteiger partial charge < -0.3 is 9.64 Å². The fourth-order valence-electron chi connectivity index (χ4n) is 5.23. The third kappa shape index (κ3) is 3.66. The zero-order valence-corrected chi connectivity index (χ0v) is 18.9. The molecule has 6 rings (SSSR count). The maximum Gasteiger partial charge on any atom is 0.329 e. The molecule has 2 aromatic rings. The summed E-state index contributed by atoms with van der Waals surface area (Å²) in [5.41, 5.74) is 3.15. The molecule has 0 spiro atoms. The molecule has 2 amide bonds. The van der Waals surface area contributed by atoms with Crippen LogP contribution in [0.4, 0.5) is 4.79 Å². The van der Waals surface area contributed by atoms with E-state index in [1.807, 2.05) is 6.07 Å². The molecule has 0 saturated carbocycles. The number of benzene rings is 1. The second-order valence-corrected chi connectivity index (χ2v) is 9.74. The highest BCUT2D eigenvalue weighted by molar-refractivity contribution is 7.00. The van der Waals surface area contributed by atoms with Crippen molar-refractivity contribution in [2.75, 3.05) is 33.0 Å². The molecule has 1 N–H and O–H groups in total. The molecule has 10 heteroatoms. The van der Waals surface area contributed by atoms with Crippen molar-refractivity contribution in [2.24, 2.45) is 16.8 Å². The summed E-state index contributed by atoms with van der Waals surface area (Å²) in [6.45, 7) is 7.11. The highest BCUT2D eigenvalue weighted by Gasteiger charge is 2.40. The van der Waals surface area contributed by atoms with Crippen molar-refractivity contribution in [1.82, 2.24) is 28.8 Å². The number of hydrogen-bond acceptors (Lipinski definition) is 8. The fraction of sp³-hybridized carbons (Fsp3) is 0.545. The summed E-state index contributed by atoms with van der Waals surface area (Å²) in [7, 11) is 0. The first-order valence-corrected chi connectivity index (χ1v) is 12.0. The van der Waals surface area contributed by atoms with Crippen LogP contribution in [-0.4, -0.2) is 74.3 Å². The molecule has 9 nitrogen and oxygen atoms in total. The van der Waals surface area contributed by atoms with Crippen molar-refractivity contribution in [3.05, 3.63) is 35.8 Å². The van der Waals surface area contributed by atoms with Crippen LogP contribution in [-0.2, 0) is 11.3 Å². The van der Waals surface area contributed by atoms with Crippen LogP contribution in [0.15, 0.2) is 35.2 Å². The molecule has 168 valence electrons. The summed E-state index contributed by atoms with van der Waals surface area (Å²) in [6.07, 6.45) is 4.05. The minimum Gasteiger partial charge on any atom is -0.381 e. The first-order valence-electron chi connectivity index (χ1n) is 11.3. The maximum absolute atomic E-state index is 12.9. The van der Waals surface area contributed by atoms with Crippen LogP contribution in [0.3, 0.4) is 0 Å². The number of amidine groups is 1. The Hall–Kier alpha value is -2.56. The Labute approximate surface area is 191 Å². The number of aromatic nitrogens is 2. The van der Waals surface area contributed by atoms with Crippen LogP contribution in [0.25, 0.3) is 11.0 Å². The molecule has 2 fully saturated rings. The number of aliphatic imine (C=N–C) groups is 1. The number of urea groups is 1. The minimum absolute atomic E-state index is 0.0667. The van der Waals surface area contributed by atoms with Crippen molar-refractivity contribution >= 4 is 34.6 Å². The monoisotopic (exact) mass is 453 g/mol. The van der Waals surface area contributed by atoms with E-state index in [0.717, 1.165) is 68.4 Å². The molecule has 0 bridgehead atoms. The Kier molecular flexibility index (Phi) is 5.08. The van der Waals surface area contributed by atoms with Gasteiger partial charge in [-0.15, -0.1) is 0 Å². The third-order valence-electron chi connectivity index (χ3n) is 7.00. The number of nitrogens with one attached hydrogen (secondary N) is 1. The lowest BCUT2D eigenvalue weighted by molar-refractivity contribution is 0.0459. The standard InChI is InChI=1S/C22H27N7O2S/c1-14-9-27(10-15-2-3-18-19(8-15)26-32-25-18)11-17(14)21-23-20-12-28(13-29(20)22(30)24-21)16-4-6-31-7-5-16/h2-3,8,12,14,16-17H,4-7,9-11,13H2,1H3,(H,23,24,30). The van der Waals surface area contributed by atoms with Gasteiger partial charge in [-0.3, -0.25) is 15.1 Å². The molecule has 4 aliphatic rings. The van der Waals surface area contributed by atoms with Crippen LogP contribution in [0.5, 0.6) is 0 Å². The van der Waals surface area contributed by atoms with Gasteiger partial charge in [0.1, 0.15) is 23.5 Å². The Morgan fingerprint density at radius 1 is 1.19 bits per heavy atom. The summed E-state index contributed by atoms with van der Waals surface area (Å²) in [6, 6.07) is 6.65. The Balaban J connectivity index is 1.17. The average molecular weight is 454 g/mol. The fourth-order valence-corrected chi connectivity index (χ4v) is 5.75. The third-order valence-corrected chi connectivity index (χ3v) is 7.56. The van der Waals surface area contributed by atoms with Gasteiger partial charge in [-0.25, -0.2) is 9.79 Å². The molecular formula is C22H27N7O2S. The largest absolute Gasteiger partial charge is 0.381 e. The van der Waals surface area contributed by atoms with Gasteiger partial charge in [0.15, 0.2) is 5.82 Å². The number of rotatable bonds is 4. The van der Waals surface area contributed by atoms with Crippen molar-refractivity contribution < 1.29 is 9.53 Å². The molecule has 0 aliphatic carbocycles. The molecule has 2 unspecified atom stereocenters. The number of likely N-dealkylation sites (tertiary alicyclic amines) is 1. The maximum atomic E-state index is 12.9. The summed E-state index contributed by atoms with van der Waals surface area (Å²) in [5, 5.41) is 3.09. The Morgan fingerprint density at radius 2 is 2.03 bits per heavy atom. The predicted molar refractivity (Wildman–Crippen MR) is 122 cm³/mol. The zero-order valence-electron chi connectivity index (χ0n) is 18.1. The topological polar surface area (TPSA) is 86.2 Å². The van der Waals surface area contributed by atoms with Gasteiger partial charge in [-0.1, -0.05) is 13.0 Å². The number of carbonyl (C=O) groups excluding carboxylic acids is 1. The minimum atomic E-state index is -0.0667. The van der Waals surface area contributed by atoms with Crippen LogP contribution < -0.4 is 5.32 Å². The van der Waals surface area contributed by atoms with Crippen molar-refractivity contribution in [3.8, 4) is 0 Å². The van der Waals surface area contributed by atoms with Gasteiger partial charge in [0.25, 0.3) is 0 Å². The first-order chi connectivity index (χ1) is 15.6. The highest BCUT2D eigenvalue weighted by Crippen LogP contribution is 2.31. The van der Waals surface area contributed by atoms with E-state index in [4.69, 9.17) is 9.73 Å². The Morgan fingerprint density at radius 3 is 2.91 bits per heavy atom. The summed E-state index contributed by atoms with van der Waals surface area (Å²) >= 11 is 1.25. The molecular weight excluding hydrogens is 426 g/mol. The van der Waals surface area contributed by atoms with Crippen molar-refractivity contribution in [2.45, 2.75) is 32.4 Å². The van der Waals surface area contributed by atoms with E-state index >= 15 is 0 Å². The molecule has 32 heavy (non-hydrogen) atoms. The van der Waals surface area contributed by atoms with Crippen LogP contribution in [0.1, 0.15) is 25.3 Å². The van der Waals surface area contributed by atoms with Crippen LogP contribution in [0.2, 0.25) is 0 Å². The van der Waals surface area contributed by atoms with Crippen molar-refractivity contribution in [1.29, 1.82) is 0 Å². The quantitative estimate of drug-likeness (QED) is 0.765. The molecule has 2 saturated heterocycles. The lowest BCUT2D eigenvalue weighted by Gasteiger charge is -2.32. The first kappa shape index (κ1) is 20.1. The molecule has 2 atom stereocenters.